The standard InChI is InChI=1S/C11H13ClN2S2/c1-8-14-7-10(15-8)4-5-13-6-9-2-3-11(12)16-9/h2-3,7,13H,4-6H2,1H3. The number of nitrogens with one attached hydrogen (secondary N) is 1. The minimum absolute atomic E-state index is 0.856. The summed E-state index contributed by atoms with van der Waals surface area (Å²) in [7, 11) is 0. The Morgan fingerprint density at radius 2 is 2.19 bits per heavy atom. The second-order valence-electron chi connectivity index (χ2n) is 3.48. The van der Waals surface area contributed by atoms with Crippen molar-refractivity contribution < 1.29 is 0 Å². The summed E-state index contributed by atoms with van der Waals surface area (Å²) in [5.41, 5.74) is 0. The average Bonchev–Trinajstić information content (AvgIpc) is 2.83. The molecule has 0 bridgehead atoms. The Bertz CT molecular complexity index is 408. The molecule has 2 aromatic heterocycles. The lowest BCUT2D eigenvalue weighted by molar-refractivity contribution is 0.697. The van der Waals surface area contributed by atoms with Crippen LogP contribution in [0, 0.1) is 6.92 Å². The predicted molar refractivity (Wildman–Crippen MR) is 71.6 cm³/mol. The molecule has 2 heterocycles. The molecular formula is C11H13ClN2S2. The van der Waals surface area contributed by atoms with E-state index in [0.29, 0.717) is 0 Å². The minimum Gasteiger partial charge on any atom is -0.311 e. The van der Waals surface area contributed by atoms with Crippen LogP contribution < -0.4 is 5.32 Å². The minimum atomic E-state index is 0.856. The van der Waals surface area contributed by atoms with Gasteiger partial charge in [-0.1, -0.05) is 11.6 Å². The van der Waals surface area contributed by atoms with Crippen molar-refractivity contribution in [3.8, 4) is 0 Å². The fraction of sp³-hybridized carbons (Fsp3) is 0.364. The number of hydrogen-bond acceptors (Lipinski definition) is 4. The number of nitrogens with zero attached hydrogens (tertiary/aromatic N) is 1. The molecule has 0 aromatic carbocycles. The average molecular weight is 273 g/mol. The smallest absolute Gasteiger partial charge is 0.0931 e. The van der Waals surface area contributed by atoms with E-state index in [0.717, 1.165) is 28.9 Å². The van der Waals surface area contributed by atoms with Gasteiger partial charge in [0, 0.05) is 29.0 Å². The SMILES string of the molecule is Cc1ncc(CCNCc2ccc(Cl)s2)s1. The van der Waals surface area contributed by atoms with Crippen LogP contribution in [0.4, 0.5) is 0 Å². The molecule has 0 amide bonds. The lowest BCUT2D eigenvalue weighted by atomic mass is 10.3. The van der Waals surface area contributed by atoms with Crippen LogP contribution in [-0.2, 0) is 13.0 Å². The highest BCUT2D eigenvalue weighted by molar-refractivity contribution is 7.16. The third-order valence-corrected chi connectivity index (χ3v) is 4.35. The molecule has 5 heteroatoms. The van der Waals surface area contributed by atoms with E-state index in [2.05, 4.69) is 16.4 Å². The maximum Gasteiger partial charge on any atom is 0.0931 e. The summed E-state index contributed by atoms with van der Waals surface area (Å²) in [6.45, 7) is 3.92. The fourth-order valence-electron chi connectivity index (χ4n) is 1.39. The number of thiazole rings is 1. The molecule has 16 heavy (non-hydrogen) atoms. The van der Waals surface area contributed by atoms with Gasteiger partial charge < -0.3 is 5.32 Å². The number of aromatic nitrogens is 1. The van der Waals surface area contributed by atoms with Gasteiger partial charge in [-0.3, -0.25) is 0 Å². The van der Waals surface area contributed by atoms with E-state index in [1.165, 1.54) is 9.75 Å². The van der Waals surface area contributed by atoms with E-state index < -0.39 is 0 Å². The molecule has 0 aliphatic heterocycles. The summed E-state index contributed by atoms with van der Waals surface area (Å²) in [4.78, 5) is 6.86. The van der Waals surface area contributed by atoms with Gasteiger partial charge in [0.1, 0.15) is 0 Å². The molecule has 0 aliphatic carbocycles. The molecule has 0 spiro atoms. The summed E-state index contributed by atoms with van der Waals surface area (Å²) in [6.07, 6.45) is 3.01. The second kappa shape index (κ2) is 5.77. The van der Waals surface area contributed by atoms with Crippen LogP contribution in [-0.4, -0.2) is 11.5 Å². The van der Waals surface area contributed by atoms with Crippen LogP contribution >= 0.6 is 34.3 Å². The van der Waals surface area contributed by atoms with Crippen molar-refractivity contribution in [3.63, 3.8) is 0 Å². The zero-order valence-corrected chi connectivity index (χ0v) is 11.4. The first-order valence-electron chi connectivity index (χ1n) is 5.10. The molecule has 0 atom stereocenters. The Labute approximate surface area is 108 Å². The van der Waals surface area contributed by atoms with Gasteiger partial charge in [-0.05, 0) is 25.5 Å². The van der Waals surface area contributed by atoms with E-state index in [4.69, 9.17) is 11.6 Å². The van der Waals surface area contributed by atoms with E-state index in [1.807, 2.05) is 19.2 Å². The molecule has 1 N–H and O–H groups in total. The molecule has 0 fully saturated rings. The van der Waals surface area contributed by atoms with Gasteiger partial charge in [-0.15, -0.1) is 22.7 Å². The first-order chi connectivity index (χ1) is 7.74. The number of aryl methyl sites for hydroxylation is 1. The molecule has 2 nitrogen and oxygen atoms in total. The Morgan fingerprint density at radius 1 is 1.31 bits per heavy atom. The number of thiophene rings is 1. The Kier molecular flexibility index (Phi) is 4.35. The Hall–Kier alpha value is -0.420. The van der Waals surface area contributed by atoms with Crippen LogP contribution in [0.3, 0.4) is 0 Å². The maximum atomic E-state index is 5.86. The summed E-state index contributed by atoms with van der Waals surface area (Å²) >= 11 is 9.26. The molecule has 0 radical (unpaired) electrons. The van der Waals surface area contributed by atoms with Crippen LogP contribution in [0.5, 0.6) is 0 Å². The molecule has 0 saturated carbocycles. The number of hydrogen-bond donors (Lipinski definition) is 1. The molecule has 0 saturated heterocycles. The summed E-state index contributed by atoms with van der Waals surface area (Å²) in [6, 6.07) is 4.01. The molecular weight excluding hydrogens is 260 g/mol. The van der Waals surface area contributed by atoms with Crippen molar-refractivity contribution in [1.82, 2.24) is 10.3 Å². The van der Waals surface area contributed by atoms with Gasteiger partial charge in [-0.25, -0.2) is 4.98 Å². The monoisotopic (exact) mass is 272 g/mol. The molecule has 86 valence electrons. The zero-order valence-electron chi connectivity index (χ0n) is 9.00. The Morgan fingerprint density at radius 3 is 2.81 bits per heavy atom. The zero-order chi connectivity index (χ0) is 11.4. The van der Waals surface area contributed by atoms with Crippen LogP contribution in [0.15, 0.2) is 18.3 Å². The predicted octanol–water partition coefficient (Wildman–Crippen LogP) is 3.50. The van der Waals surface area contributed by atoms with Crippen molar-refractivity contribution in [3.05, 3.63) is 37.4 Å². The Balaban J connectivity index is 1.69. The largest absolute Gasteiger partial charge is 0.311 e. The van der Waals surface area contributed by atoms with E-state index in [-0.39, 0.29) is 0 Å². The van der Waals surface area contributed by atoms with Crippen LogP contribution in [0.2, 0.25) is 4.34 Å². The normalized spacial score (nSPS) is 10.9. The highest BCUT2D eigenvalue weighted by Gasteiger charge is 1.99. The van der Waals surface area contributed by atoms with E-state index in [1.54, 1.807) is 22.7 Å². The topological polar surface area (TPSA) is 24.9 Å². The van der Waals surface area contributed by atoms with Crippen molar-refractivity contribution >= 4 is 34.3 Å². The highest BCUT2D eigenvalue weighted by atomic mass is 35.5. The van der Waals surface area contributed by atoms with Crippen molar-refractivity contribution in [2.24, 2.45) is 0 Å². The summed E-state index contributed by atoms with van der Waals surface area (Å²) in [5, 5.41) is 4.54. The number of halogens is 1. The fourth-order valence-corrected chi connectivity index (χ4v) is 3.24. The van der Waals surface area contributed by atoms with Crippen molar-refractivity contribution in [2.45, 2.75) is 19.9 Å². The lowest BCUT2D eigenvalue weighted by Crippen LogP contribution is -2.15. The maximum absolute atomic E-state index is 5.86. The van der Waals surface area contributed by atoms with E-state index in [9.17, 15) is 0 Å². The van der Waals surface area contributed by atoms with Gasteiger partial charge in [-0.2, -0.15) is 0 Å². The second-order valence-corrected chi connectivity index (χ2v) is 6.60. The van der Waals surface area contributed by atoms with E-state index >= 15 is 0 Å². The molecule has 0 aliphatic rings. The van der Waals surface area contributed by atoms with Crippen LogP contribution in [0.1, 0.15) is 14.8 Å². The van der Waals surface area contributed by atoms with Gasteiger partial charge in [0.25, 0.3) is 0 Å². The highest BCUT2D eigenvalue weighted by Crippen LogP contribution is 2.21. The lowest BCUT2D eigenvalue weighted by Gasteiger charge is -2.00. The van der Waals surface area contributed by atoms with Crippen LogP contribution in [0.25, 0.3) is 0 Å². The third kappa shape index (κ3) is 3.56. The van der Waals surface area contributed by atoms with Gasteiger partial charge in [0.15, 0.2) is 0 Å². The number of rotatable bonds is 5. The molecule has 0 unspecified atom stereocenters. The quantitative estimate of drug-likeness (QED) is 0.843. The van der Waals surface area contributed by atoms with Crippen molar-refractivity contribution in [2.75, 3.05) is 6.54 Å². The first kappa shape index (κ1) is 12.0. The van der Waals surface area contributed by atoms with Gasteiger partial charge in [0.2, 0.25) is 0 Å². The molecule has 2 aromatic rings. The molecule has 2 rings (SSSR count). The van der Waals surface area contributed by atoms with Gasteiger partial charge >= 0.3 is 0 Å². The van der Waals surface area contributed by atoms with Gasteiger partial charge in [0.05, 0.1) is 9.34 Å². The summed E-state index contributed by atoms with van der Waals surface area (Å²) < 4.78 is 0.856. The third-order valence-electron chi connectivity index (χ3n) is 2.15. The first-order valence-corrected chi connectivity index (χ1v) is 7.11. The summed E-state index contributed by atoms with van der Waals surface area (Å²) in [5.74, 6) is 0. The van der Waals surface area contributed by atoms with Crippen molar-refractivity contribution in [1.29, 1.82) is 0 Å².